The molecule has 4 aromatic carbocycles. The summed E-state index contributed by atoms with van der Waals surface area (Å²) in [5.74, 6) is -21.9. The highest BCUT2D eigenvalue weighted by atomic mass is 19.2. The molecule has 0 N–H and O–H groups in total. The molecule has 0 heterocycles. The molecule has 0 aliphatic rings. The first-order chi connectivity index (χ1) is 29.9. The number of halogens is 10. The predicted molar refractivity (Wildman–Crippen MR) is 198 cm³/mol. The highest BCUT2D eigenvalue weighted by molar-refractivity contribution is 5.91. The Hall–Kier alpha value is -6.10. The number of hydrogen-bond acceptors (Lipinski definition) is 12. The lowest BCUT2D eigenvalue weighted by atomic mass is 10.1. The molecule has 0 aromatic heterocycles. The standard InChI is InChI=1S/C11H14O3.C10H7F5O3.C10H9F3O3.C10H10F2O3/c1-3-13-8-14-11(12)10-6-4-9(2)5-7-10;1-2-17-3-18-10(16)4-5(11)7(13)9(15)8(14)6(4)12;1-2-15-5-16-10(14)8-6(11)3-4-7(12)9(8)13;1-2-14-6-15-10(13)7-4-3-5-8(11)9(7)12/h4-7H,3,8H2,1-2H3;2-3H2,1H3;3-4H,2,5H2,1H3;3-5H,2,6H2,1H3. The van der Waals surface area contributed by atoms with Crippen LogP contribution in [0.1, 0.15) is 74.7 Å². The second kappa shape index (κ2) is 29.2. The molecule has 0 saturated carbocycles. The van der Waals surface area contributed by atoms with Gasteiger partial charge in [0.1, 0.15) is 16.9 Å². The third-order valence-corrected chi connectivity index (χ3v) is 7.03. The smallest absolute Gasteiger partial charge is 0.346 e. The van der Waals surface area contributed by atoms with Crippen LogP contribution < -0.4 is 0 Å². The fraction of sp³-hybridized carbons (Fsp3) is 0.317. The van der Waals surface area contributed by atoms with Gasteiger partial charge in [0.05, 0.1) is 11.1 Å². The number of esters is 4. The van der Waals surface area contributed by atoms with Gasteiger partial charge in [-0.2, -0.15) is 0 Å². The molecular formula is C41H40F10O12. The molecule has 0 fully saturated rings. The molecule has 0 aliphatic carbocycles. The lowest BCUT2D eigenvalue weighted by Gasteiger charge is -2.08. The van der Waals surface area contributed by atoms with E-state index in [1.54, 1.807) is 32.9 Å². The molecule has 22 heteroatoms. The summed E-state index contributed by atoms with van der Waals surface area (Å²) < 4.78 is 166. The Bertz CT molecular complexity index is 2080. The van der Waals surface area contributed by atoms with Crippen LogP contribution in [0, 0.1) is 65.1 Å². The highest BCUT2D eigenvalue weighted by Crippen LogP contribution is 2.24. The summed E-state index contributed by atoms with van der Waals surface area (Å²) >= 11 is 0. The normalized spacial score (nSPS) is 10.2. The van der Waals surface area contributed by atoms with Gasteiger partial charge < -0.3 is 37.9 Å². The van der Waals surface area contributed by atoms with Crippen LogP contribution in [-0.2, 0) is 37.9 Å². The maximum absolute atomic E-state index is 13.1. The number of carbonyl (C=O) groups is 4. The van der Waals surface area contributed by atoms with E-state index >= 15 is 0 Å². The summed E-state index contributed by atoms with van der Waals surface area (Å²) in [5.41, 5.74) is -1.47. The van der Waals surface area contributed by atoms with Crippen molar-refractivity contribution in [2.45, 2.75) is 34.6 Å². The zero-order chi connectivity index (χ0) is 47.6. The Morgan fingerprint density at radius 3 is 1.24 bits per heavy atom. The van der Waals surface area contributed by atoms with Gasteiger partial charge in [0.15, 0.2) is 73.7 Å². The summed E-state index contributed by atoms with van der Waals surface area (Å²) in [6, 6.07) is 11.8. The van der Waals surface area contributed by atoms with Crippen LogP contribution in [0.15, 0.2) is 54.6 Å². The molecular weight excluding hydrogens is 874 g/mol. The van der Waals surface area contributed by atoms with Gasteiger partial charge in [-0.1, -0.05) is 23.8 Å². The van der Waals surface area contributed by atoms with Crippen molar-refractivity contribution in [1.29, 1.82) is 0 Å². The van der Waals surface area contributed by atoms with E-state index in [2.05, 4.69) is 23.7 Å². The molecule has 0 bridgehead atoms. The first-order valence-corrected chi connectivity index (χ1v) is 18.0. The first kappa shape index (κ1) is 54.9. The lowest BCUT2D eigenvalue weighted by Crippen LogP contribution is -2.16. The van der Waals surface area contributed by atoms with Crippen molar-refractivity contribution in [3.63, 3.8) is 0 Å². The van der Waals surface area contributed by atoms with E-state index in [1.165, 1.54) is 6.07 Å². The molecule has 63 heavy (non-hydrogen) atoms. The predicted octanol–water partition coefficient (Wildman–Crippen LogP) is 9.05. The van der Waals surface area contributed by atoms with Crippen LogP contribution >= 0.6 is 0 Å². The first-order valence-electron chi connectivity index (χ1n) is 18.0. The quantitative estimate of drug-likeness (QED) is 0.0201. The molecule has 346 valence electrons. The summed E-state index contributed by atoms with van der Waals surface area (Å²) in [4.78, 5) is 44.8. The molecule has 4 rings (SSSR count). The van der Waals surface area contributed by atoms with Gasteiger partial charge in [0, 0.05) is 26.4 Å². The molecule has 0 amide bonds. The van der Waals surface area contributed by atoms with Crippen LogP contribution in [0.2, 0.25) is 0 Å². The van der Waals surface area contributed by atoms with E-state index in [0.29, 0.717) is 30.9 Å². The summed E-state index contributed by atoms with van der Waals surface area (Å²) in [6.45, 7) is 8.72. The molecule has 0 radical (unpaired) electrons. The second-order valence-corrected chi connectivity index (χ2v) is 11.3. The number of hydrogen-bond donors (Lipinski definition) is 0. The average molecular weight is 915 g/mol. The largest absolute Gasteiger partial charge is 0.435 e. The van der Waals surface area contributed by atoms with Gasteiger partial charge in [-0.25, -0.2) is 63.1 Å². The Balaban J connectivity index is 0.000000422. The second-order valence-electron chi connectivity index (χ2n) is 11.3. The van der Waals surface area contributed by atoms with Gasteiger partial charge >= 0.3 is 23.9 Å². The Morgan fingerprint density at radius 1 is 0.397 bits per heavy atom. The zero-order valence-corrected chi connectivity index (χ0v) is 34.0. The van der Waals surface area contributed by atoms with E-state index < -0.39 is 106 Å². The summed E-state index contributed by atoms with van der Waals surface area (Å²) in [5, 5.41) is 0. The van der Waals surface area contributed by atoms with Crippen LogP contribution in [0.25, 0.3) is 0 Å². The fourth-order valence-corrected chi connectivity index (χ4v) is 3.87. The third-order valence-electron chi connectivity index (χ3n) is 7.03. The Morgan fingerprint density at radius 2 is 0.778 bits per heavy atom. The maximum Gasteiger partial charge on any atom is 0.346 e. The monoisotopic (exact) mass is 914 g/mol. The minimum absolute atomic E-state index is 0.0171. The third kappa shape index (κ3) is 18.0. The van der Waals surface area contributed by atoms with Crippen molar-refractivity contribution in [2.75, 3.05) is 53.6 Å². The van der Waals surface area contributed by atoms with Gasteiger partial charge in [0.25, 0.3) is 0 Å². The maximum atomic E-state index is 13.1. The minimum Gasteiger partial charge on any atom is -0.435 e. The zero-order valence-electron chi connectivity index (χ0n) is 34.0. The van der Waals surface area contributed by atoms with Gasteiger partial charge in [-0.3, -0.25) is 0 Å². The van der Waals surface area contributed by atoms with Gasteiger partial charge in [0.2, 0.25) is 5.82 Å². The highest BCUT2D eigenvalue weighted by Gasteiger charge is 2.30. The number of carbonyl (C=O) groups excluding carboxylic acids is 4. The van der Waals surface area contributed by atoms with Crippen molar-refractivity contribution < 1.29 is 101 Å². The molecule has 0 spiro atoms. The number of aryl methyl sites for hydroxylation is 1. The molecule has 0 aliphatic heterocycles. The van der Waals surface area contributed by atoms with E-state index in [-0.39, 0.29) is 32.8 Å². The van der Waals surface area contributed by atoms with E-state index in [1.807, 2.05) is 26.0 Å². The lowest BCUT2D eigenvalue weighted by molar-refractivity contribution is -0.0290. The van der Waals surface area contributed by atoms with Crippen LogP contribution in [0.4, 0.5) is 43.9 Å². The van der Waals surface area contributed by atoms with Crippen LogP contribution in [0.5, 0.6) is 0 Å². The van der Waals surface area contributed by atoms with E-state index in [9.17, 15) is 63.1 Å². The molecule has 0 unspecified atom stereocenters. The molecule has 4 aromatic rings. The number of benzene rings is 4. The van der Waals surface area contributed by atoms with Crippen molar-refractivity contribution >= 4 is 23.9 Å². The SMILES string of the molecule is CCOCOC(=O)c1c(F)c(F)c(F)c(F)c1F.CCOCOC(=O)c1c(F)ccc(F)c1F.CCOCOC(=O)c1ccc(C)cc1.CCOCOC(=O)c1cccc(F)c1F. The minimum atomic E-state index is -2.34. The van der Waals surface area contributed by atoms with E-state index in [4.69, 9.17) is 14.2 Å². The van der Waals surface area contributed by atoms with E-state index in [0.717, 1.165) is 17.7 Å². The van der Waals surface area contributed by atoms with Gasteiger partial charge in [-0.05, 0) is 71.0 Å². The van der Waals surface area contributed by atoms with Crippen molar-refractivity contribution in [3.8, 4) is 0 Å². The van der Waals surface area contributed by atoms with Crippen molar-refractivity contribution in [2.24, 2.45) is 0 Å². The van der Waals surface area contributed by atoms with Gasteiger partial charge in [-0.15, -0.1) is 0 Å². The molecule has 0 saturated heterocycles. The number of rotatable bonds is 16. The Labute approximate surface area is 353 Å². The molecule has 12 nitrogen and oxygen atoms in total. The molecule has 0 atom stereocenters. The van der Waals surface area contributed by atoms with Crippen molar-refractivity contribution in [1.82, 2.24) is 0 Å². The Kier molecular flexibility index (Phi) is 25.5. The fourth-order valence-electron chi connectivity index (χ4n) is 3.87. The summed E-state index contributed by atoms with van der Waals surface area (Å²) in [6.07, 6.45) is 0. The van der Waals surface area contributed by atoms with Crippen LogP contribution in [0.3, 0.4) is 0 Å². The topological polar surface area (TPSA) is 142 Å². The average Bonchev–Trinajstić information content (AvgIpc) is 3.26. The van der Waals surface area contributed by atoms with Crippen LogP contribution in [-0.4, -0.2) is 77.5 Å². The number of ether oxygens (including phenoxy) is 8. The summed E-state index contributed by atoms with van der Waals surface area (Å²) in [7, 11) is 0. The van der Waals surface area contributed by atoms with Crippen molar-refractivity contribution in [3.05, 3.63) is 141 Å².